The van der Waals surface area contributed by atoms with Crippen LogP contribution in [0.2, 0.25) is 5.15 Å². The van der Waals surface area contributed by atoms with Gasteiger partial charge in [-0.2, -0.15) is 9.61 Å². The van der Waals surface area contributed by atoms with Crippen molar-refractivity contribution in [2.24, 2.45) is 0 Å². The van der Waals surface area contributed by atoms with Crippen molar-refractivity contribution in [2.45, 2.75) is 12.0 Å². The average Bonchev–Trinajstić information content (AvgIpc) is 2.83. The lowest BCUT2D eigenvalue weighted by molar-refractivity contribution is -0.0712. The minimum Gasteiger partial charge on any atom is -0.385 e. The first-order valence-corrected chi connectivity index (χ1v) is 5.66. The molecule has 0 aromatic carbocycles. The number of nitrogens with zero attached hydrogens (tertiary/aromatic N) is 4. The highest BCUT2D eigenvalue weighted by Crippen LogP contribution is 2.32. The molecule has 3 heterocycles. The predicted octanol–water partition coefficient (Wildman–Crippen LogP) is 1.20. The van der Waals surface area contributed by atoms with E-state index >= 15 is 0 Å². The van der Waals surface area contributed by atoms with Crippen LogP contribution in [0.5, 0.6) is 0 Å². The summed E-state index contributed by atoms with van der Waals surface area (Å²) in [6.45, 7) is -0.730. The van der Waals surface area contributed by atoms with Gasteiger partial charge in [0.05, 0.1) is 19.3 Å². The summed E-state index contributed by atoms with van der Waals surface area (Å²) in [5.41, 5.74) is 0.474. The molecule has 1 aliphatic rings. The molecule has 1 N–H and O–H groups in total. The first-order valence-electron chi connectivity index (χ1n) is 5.28. The van der Waals surface area contributed by atoms with E-state index in [1.54, 1.807) is 6.07 Å². The molecule has 2 aromatic heterocycles. The molecule has 1 saturated heterocycles. The fourth-order valence-corrected chi connectivity index (χ4v) is 2.22. The molecule has 0 aliphatic carbocycles. The monoisotopic (exact) mass is 274 g/mol. The van der Waals surface area contributed by atoms with Gasteiger partial charge in [0.25, 0.3) is 5.92 Å². The second-order valence-electron chi connectivity index (χ2n) is 4.20. The molecular formula is C10H9ClF2N4O. The summed E-state index contributed by atoms with van der Waals surface area (Å²) in [4.78, 5) is 5.36. The molecule has 3 rings (SSSR count). The molecule has 8 heteroatoms. The number of hydrogen-bond acceptors (Lipinski definition) is 4. The van der Waals surface area contributed by atoms with Gasteiger partial charge in [0.1, 0.15) is 17.1 Å². The molecule has 0 bridgehead atoms. The van der Waals surface area contributed by atoms with Crippen LogP contribution < -0.4 is 4.90 Å². The van der Waals surface area contributed by atoms with Gasteiger partial charge in [-0.25, -0.2) is 13.8 Å². The second-order valence-corrected chi connectivity index (χ2v) is 4.58. The van der Waals surface area contributed by atoms with E-state index in [-0.39, 0.29) is 11.7 Å². The van der Waals surface area contributed by atoms with Crippen LogP contribution in [0.25, 0.3) is 5.65 Å². The Morgan fingerprint density at radius 1 is 1.50 bits per heavy atom. The zero-order valence-electron chi connectivity index (χ0n) is 9.09. The van der Waals surface area contributed by atoms with Crippen molar-refractivity contribution in [3.05, 3.63) is 23.5 Å². The number of halogens is 3. The van der Waals surface area contributed by atoms with Crippen LogP contribution in [-0.4, -0.2) is 44.8 Å². The fraction of sp³-hybridized carbons (Fsp3) is 0.400. The SMILES string of the molecule is O[C@H]1CN(c2cc(Cl)nc3ccnn23)CC1(F)F. The molecule has 2 aromatic rings. The van der Waals surface area contributed by atoms with Crippen molar-refractivity contribution in [2.75, 3.05) is 18.0 Å². The average molecular weight is 275 g/mol. The summed E-state index contributed by atoms with van der Waals surface area (Å²) in [6, 6.07) is 3.08. The molecule has 18 heavy (non-hydrogen) atoms. The highest BCUT2D eigenvalue weighted by atomic mass is 35.5. The molecule has 0 saturated carbocycles. The van der Waals surface area contributed by atoms with Crippen LogP contribution in [0.3, 0.4) is 0 Å². The Labute approximate surface area is 106 Å². The van der Waals surface area contributed by atoms with Crippen molar-refractivity contribution in [3.63, 3.8) is 0 Å². The summed E-state index contributed by atoms with van der Waals surface area (Å²) in [5.74, 6) is -2.74. The quantitative estimate of drug-likeness (QED) is 0.794. The lowest BCUT2D eigenvalue weighted by Crippen LogP contribution is -2.31. The van der Waals surface area contributed by atoms with Gasteiger partial charge >= 0.3 is 0 Å². The Morgan fingerprint density at radius 3 is 2.94 bits per heavy atom. The van der Waals surface area contributed by atoms with Crippen molar-refractivity contribution < 1.29 is 13.9 Å². The molecule has 96 valence electrons. The summed E-state index contributed by atoms with van der Waals surface area (Å²) < 4.78 is 28.1. The molecule has 0 unspecified atom stereocenters. The summed E-state index contributed by atoms with van der Waals surface area (Å²) in [6.07, 6.45) is -0.178. The smallest absolute Gasteiger partial charge is 0.292 e. The number of aliphatic hydroxyl groups is 1. The number of hydrogen-bond donors (Lipinski definition) is 1. The van der Waals surface area contributed by atoms with Crippen molar-refractivity contribution in [3.8, 4) is 0 Å². The van der Waals surface area contributed by atoms with Gasteiger partial charge in [-0.3, -0.25) is 0 Å². The predicted molar refractivity (Wildman–Crippen MR) is 61.2 cm³/mol. The summed E-state index contributed by atoms with van der Waals surface area (Å²) >= 11 is 5.84. The number of aliphatic hydroxyl groups excluding tert-OH is 1. The maximum atomic E-state index is 13.3. The summed E-state index contributed by atoms with van der Waals surface area (Å²) in [7, 11) is 0. The van der Waals surface area contributed by atoms with E-state index < -0.39 is 18.6 Å². The van der Waals surface area contributed by atoms with E-state index in [1.165, 1.54) is 21.7 Å². The number of fused-ring (bicyclic) bond motifs is 1. The lowest BCUT2D eigenvalue weighted by Gasteiger charge is -2.18. The van der Waals surface area contributed by atoms with E-state index in [4.69, 9.17) is 11.6 Å². The zero-order valence-corrected chi connectivity index (χ0v) is 9.85. The van der Waals surface area contributed by atoms with Crippen LogP contribution in [-0.2, 0) is 0 Å². The topological polar surface area (TPSA) is 53.7 Å². The van der Waals surface area contributed by atoms with Gasteiger partial charge in [0, 0.05) is 12.1 Å². The highest BCUT2D eigenvalue weighted by Gasteiger charge is 2.47. The molecule has 0 amide bonds. The van der Waals surface area contributed by atoms with Crippen LogP contribution >= 0.6 is 11.6 Å². The third-order valence-corrected chi connectivity index (χ3v) is 3.11. The Kier molecular flexibility index (Phi) is 2.43. The van der Waals surface area contributed by atoms with E-state index in [2.05, 4.69) is 10.1 Å². The van der Waals surface area contributed by atoms with Crippen molar-refractivity contribution >= 4 is 23.1 Å². The lowest BCUT2D eigenvalue weighted by atomic mass is 10.2. The van der Waals surface area contributed by atoms with E-state index in [0.29, 0.717) is 11.5 Å². The number of rotatable bonds is 1. The Balaban J connectivity index is 2.07. The molecule has 1 fully saturated rings. The third kappa shape index (κ3) is 1.70. The highest BCUT2D eigenvalue weighted by molar-refractivity contribution is 6.29. The van der Waals surface area contributed by atoms with Crippen molar-refractivity contribution in [1.29, 1.82) is 0 Å². The van der Waals surface area contributed by atoms with E-state index in [9.17, 15) is 13.9 Å². The molecule has 1 atom stereocenters. The van der Waals surface area contributed by atoms with Gasteiger partial charge in [0.15, 0.2) is 5.65 Å². The number of β-amino-alcohol motifs (C(OH)–C–C–N with tert-alkyl or cyclic N) is 1. The Morgan fingerprint density at radius 2 is 2.28 bits per heavy atom. The van der Waals surface area contributed by atoms with Crippen LogP contribution in [0.15, 0.2) is 18.3 Å². The van der Waals surface area contributed by atoms with Gasteiger partial charge in [-0.15, -0.1) is 0 Å². The molecule has 1 aliphatic heterocycles. The second kappa shape index (κ2) is 3.76. The molecular weight excluding hydrogens is 266 g/mol. The molecule has 0 spiro atoms. The fourth-order valence-electron chi connectivity index (χ4n) is 2.03. The van der Waals surface area contributed by atoms with Gasteiger partial charge < -0.3 is 10.0 Å². The maximum Gasteiger partial charge on any atom is 0.292 e. The zero-order chi connectivity index (χ0) is 12.9. The van der Waals surface area contributed by atoms with Gasteiger partial charge in [-0.05, 0) is 0 Å². The standard InChI is InChI=1S/C10H9ClF2N4O/c11-7-3-9(17-8(15-7)1-2-14-17)16-4-6(18)10(12,13)5-16/h1-3,6,18H,4-5H2/t6-/m0/s1. The van der Waals surface area contributed by atoms with Crippen LogP contribution in [0, 0.1) is 0 Å². The van der Waals surface area contributed by atoms with Gasteiger partial charge in [0.2, 0.25) is 0 Å². The summed E-state index contributed by atoms with van der Waals surface area (Å²) in [5, 5.41) is 13.5. The largest absolute Gasteiger partial charge is 0.385 e. The van der Waals surface area contributed by atoms with E-state index in [1.807, 2.05) is 0 Å². The first-order chi connectivity index (χ1) is 8.47. The van der Waals surface area contributed by atoms with Crippen LogP contribution in [0.1, 0.15) is 0 Å². The Hall–Kier alpha value is -1.47. The molecule has 5 nitrogen and oxygen atoms in total. The minimum atomic E-state index is -3.13. The van der Waals surface area contributed by atoms with Crippen molar-refractivity contribution in [1.82, 2.24) is 14.6 Å². The maximum absolute atomic E-state index is 13.3. The van der Waals surface area contributed by atoms with Gasteiger partial charge in [-0.1, -0.05) is 11.6 Å². The number of anilines is 1. The number of alkyl halides is 2. The minimum absolute atomic E-state index is 0.164. The molecule has 0 radical (unpaired) electrons. The number of aromatic nitrogens is 3. The third-order valence-electron chi connectivity index (χ3n) is 2.92. The van der Waals surface area contributed by atoms with Crippen LogP contribution in [0.4, 0.5) is 14.6 Å². The Bertz CT molecular complexity index is 603. The normalized spacial score (nSPS) is 22.9. The first kappa shape index (κ1) is 11.6. The van der Waals surface area contributed by atoms with E-state index in [0.717, 1.165) is 0 Å².